The molecule has 0 saturated heterocycles. The fraction of sp³-hybridized carbons (Fsp3) is 0.235. The van der Waals surface area contributed by atoms with Gasteiger partial charge < -0.3 is 10.6 Å². The number of nitrogens with one attached hydrogen (secondary N) is 2. The standard InChI is InChI=1S/C17H17FN2O/c1-11(14-4-2-3-5-15(14)18)20-17(21)13-7-6-12-8-9-19-16(12)10-13/h2-7,10-11,19H,8-9H2,1H3,(H,20,21). The fourth-order valence-electron chi connectivity index (χ4n) is 2.62. The van der Waals surface area contributed by atoms with Crippen molar-refractivity contribution in [1.29, 1.82) is 0 Å². The third-order valence-corrected chi connectivity index (χ3v) is 3.80. The molecular formula is C17H17FN2O. The Balaban J connectivity index is 1.76. The summed E-state index contributed by atoms with van der Waals surface area (Å²) in [6, 6.07) is 11.8. The molecule has 0 bridgehead atoms. The van der Waals surface area contributed by atoms with E-state index in [4.69, 9.17) is 0 Å². The molecular weight excluding hydrogens is 267 g/mol. The van der Waals surface area contributed by atoms with Crippen LogP contribution in [0.5, 0.6) is 0 Å². The largest absolute Gasteiger partial charge is 0.384 e. The van der Waals surface area contributed by atoms with Gasteiger partial charge in [0.1, 0.15) is 5.82 Å². The van der Waals surface area contributed by atoms with Crippen molar-refractivity contribution in [3.8, 4) is 0 Å². The van der Waals surface area contributed by atoms with Gasteiger partial charge in [-0.05, 0) is 37.1 Å². The van der Waals surface area contributed by atoms with Crippen LogP contribution in [0.1, 0.15) is 34.5 Å². The van der Waals surface area contributed by atoms with Gasteiger partial charge in [-0.2, -0.15) is 0 Å². The van der Waals surface area contributed by atoms with Gasteiger partial charge in [-0.3, -0.25) is 4.79 Å². The van der Waals surface area contributed by atoms with Gasteiger partial charge in [0.25, 0.3) is 5.91 Å². The monoisotopic (exact) mass is 284 g/mol. The predicted molar refractivity (Wildman–Crippen MR) is 80.9 cm³/mol. The number of hydrogen-bond donors (Lipinski definition) is 2. The zero-order valence-electron chi connectivity index (χ0n) is 11.8. The lowest BCUT2D eigenvalue weighted by molar-refractivity contribution is 0.0939. The van der Waals surface area contributed by atoms with Gasteiger partial charge in [0.15, 0.2) is 0 Å². The van der Waals surface area contributed by atoms with Crippen LogP contribution in [0.4, 0.5) is 10.1 Å². The number of fused-ring (bicyclic) bond motifs is 1. The summed E-state index contributed by atoms with van der Waals surface area (Å²) in [6.45, 7) is 2.69. The summed E-state index contributed by atoms with van der Waals surface area (Å²) < 4.78 is 13.7. The van der Waals surface area contributed by atoms with Crippen molar-refractivity contribution in [1.82, 2.24) is 5.32 Å². The average Bonchev–Trinajstić information content (AvgIpc) is 2.94. The van der Waals surface area contributed by atoms with Crippen LogP contribution in [-0.4, -0.2) is 12.5 Å². The maximum atomic E-state index is 13.7. The van der Waals surface area contributed by atoms with Crippen LogP contribution in [0.2, 0.25) is 0 Å². The Morgan fingerprint density at radius 1 is 1.29 bits per heavy atom. The van der Waals surface area contributed by atoms with Gasteiger partial charge in [-0.15, -0.1) is 0 Å². The SMILES string of the molecule is CC(NC(=O)c1ccc2c(c1)NCC2)c1ccccc1F. The Kier molecular flexibility index (Phi) is 3.60. The van der Waals surface area contributed by atoms with Crippen molar-refractivity contribution >= 4 is 11.6 Å². The van der Waals surface area contributed by atoms with Crippen LogP contribution in [0, 0.1) is 5.82 Å². The number of benzene rings is 2. The molecule has 0 fully saturated rings. The summed E-state index contributed by atoms with van der Waals surface area (Å²) in [5, 5.41) is 6.09. The summed E-state index contributed by atoms with van der Waals surface area (Å²) in [6.07, 6.45) is 0.989. The molecule has 1 aliphatic rings. The normalized spacial score (nSPS) is 14.2. The first-order chi connectivity index (χ1) is 10.1. The van der Waals surface area contributed by atoms with Gasteiger partial charge in [-0.25, -0.2) is 4.39 Å². The second-order valence-electron chi connectivity index (χ2n) is 5.27. The fourth-order valence-corrected chi connectivity index (χ4v) is 2.62. The summed E-state index contributed by atoms with van der Waals surface area (Å²) in [4.78, 5) is 12.3. The second-order valence-corrected chi connectivity index (χ2v) is 5.27. The molecule has 0 saturated carbocycles. The number of carbonyl (C=O) groups excluding carboxylic acids is 1. The van der Waals surface area contributed by atoms with E-state index in [1.807, 2.05) is 18.2 Å². The van der Waals surface area contributed by atoms with Crippen molar-refractivity contribution in [3.05, 3.63) is 65.0 Å². The van der Waals surface area contributed by atoms with Gasteiger partial charge >= 0.3 is 0 Å². The number of carbonyl (C=O) groups is 1. The van der Waals surface area contributed by atoms with E-state index in [1.54, 1.807) is 25.1 Å². The van der Waals surface area contributed by atoms with Crippen molar-refractivity contribution in [2.45, 2.75) is 19.4 Å². The minimum Gasteiger partial charge on any atom is -0.384 e. The van der Waals surface area contributed by atoms with E-state index >= 15 is 0 Å². The first kappa shape index (κ1) is 13.6. The van der Waals surface area contributed by atoms with Crippen LogP contribution >= 0.6 is 0 Å². The van der Waals surface area contributed by atoms with Crippen LogP contribution < -0.4 is 10.6 Å². The number of rotatable bonds is 3. The number of amides is 1. The van der Waals surface area contributed by atoms with E-state index in [0.717, 1.165) is 18.7 Å². The molecule has 3 rings (SSSR count). The Morgan fingerprint density at radius 2 is 2.10 bits per heavy atom. The molecule has 2 N–H and O–H groups in total. The molecule has 2 aromatic carbocycles. The number of anilines is 1. The van der Waals surface area contributed by atoms with Gasteiger partial charge in [0, 0.05) is 23.4 Å². The third-order valence-electron chi connectivity index (χ3n) is 3.80. The lowest BCUT2D eigenvalue weighted by Gasteiger charge is -2.15. The third kappa shape index (κ3) is 2.75. The molecule has 1 heterocycles. The summed E-state index contributed by atoms with van der Waals surface area (Å²) in [5.41, 5.74) is 3.33. The van der Waals surface area contributed by atoms with Crippen molar-refractivity contribution in [2.75, 3.05) is 11.9 Å². The Hall–Kier alpha value is -2.36. The topological polar surface area (TPSA) is 41.1 Å². The molecule has 0 spiro atoms. The Labute approximate surface area is 123 Å². The predicted octanol–water partition coefficient (Wildman–Crippen LogP) is 3.28. The number of hydrogen-bond acceptors (Lipinski definition) is 2. The molecule has 108 valence electrons. The molecule has 1 unspecified atom stereocenters. The number of halogens is 1. The van der Waals surface area contributed by atoms with Crippen molar-refractivity contribution in [2.24, 2.45) is 0 Å². The van der Waals surface area contributed by atoms with Crippen LogP contribution in [0.25, 0.3) is 0 Å². The molecule has 0 aliphatic carbocycles. The maximum absolute atomic E-state index is 13.7. The highest BCUT2D eigenvalue weighted by Crippen LogP contribution is 2.24. The van der Waals surface area contributed by atoms with E-state index in [-0.39, 0.29) is 17.8 Å². The van der Waals surface area contributed by atoms with Crippen LogP contribution in [0.3, 0.4) is 0 Å². The molecule has 4 heteroatoms. The first-order valence-corrected chi connectivity index (χ1v) is 7.07. The summed E-state index contributed by atoms with van der Waals surface area (Å²) >= 11 is 0. The highest BCUT2D eigenvalue weighted by Gasteiger charge is 2.16. The molecule has 0 aromatic heterocycles. The summed E-state index contributed by atoms with van der Waals surface area (Å²) in [5.74, 6) is -0.497. The minimum absolute atomic E-state index is 0.192. The van der Waals surface area contributed by atoms with Gasteiger partial charge in [0.2, 0.25) is 0 Å². The van der Waals surface area contributed by atoms with E-state index in [9.17, 15) is 9.18 Å². The lowest BCUT2D eigenvalue weighted by Crippen LogP contribution is -2.27. The molecule has 1 aliphatic heterocycles. The quantitative estimate of drug-likeness (QED) is 0.908. The Morgan fingerprint density at radius 3 is 2.90 bits per heavy atom. The lowest BCUT2D eigenvalue weighted by atomic mass is 10.1. The molecule has 21 heavy (non-hydrogen) atoms. The van der Waals surface area contributed by atoms with E-state index in [0.29, 0.717) is 11.1 Å². The smallest absolute Gasteiger partial charge is 0.251 e. The molecule has 0 radical (unpaired) electrons. The highest BCUT2D eigenvalue weighted by atomic mass is 19.1. The van der Waals surface area contributed by atoms with Crippen LogP contribution in [-0.2, 0) is 6.42 Å². The minimum atomic E-state index is -0.375. The van der Waals surface area contributed by atoms with Crippen molar-refractivity contribution in [3.63, 3.8) is 0 Å². The zero-order valence-corrected chi connectivity index (χ0v) is 11.8. The van der Waals surface area contributed by atoms with E-state index in [1.165, 1.54) is 11.6 Å². The average molecular weight is 284 g/mol. The van der Waals surface area contributed by atoms with Crippen LogP contribution in [0.15, 0.2) is 42.5 Å². The second kappa shape index (κ2) is 5.56. The van der Waals surface area contributed by atoms with Gasteiger partial charge in [-0.1, -0.05) is 24.3 Å². The first-order valence-electron chi connectivity index (χ1n) is 7.07. The van der Waals surface area contributed by atoms with Crippen molar-refractivity contribution < 1.29 is 9.18 Å². The molecule has 1 atom stereocenters. The molecule has 2 aromatic rings. The Bertz CT molecular complexity index is 684. The zero-order chi connectivity index (χ0) is 14.8. The van der Waals surface area contributed by atoms with E-state index < -0.39 is 0 Å². The maximum Gasteiger partial charge on any atom is 0.251 e. The molecule has 3 nitrogen and oxygen atoms in total. The highest BCUT2D eigenvalue weighted by molar-refractivity contribution is 5.95. The van der Waals surface area contributed by atoms with E-state index in [2.05, 4.69) is 10.6 Å². The van der Waals surface area contributed by atoms with Gasteiger partial charge in [0.05, 0.1) is 6.04 Å². The summed E-state index contributed by atoms with van der Waals surface area (Å²) in [7, 11) is 0. The molecule has 1 amide bonds.